The first-order valence-corrected chi connectivity index (χ1v) is 10.4. The highest BCUT2D eigenvalue weighted by atomic mass is 16.6. The van der Waals surface area contributed by atoms with Crippen molar-refractivity contribution in [2.75, 3.05) is 32.8 Å². The summed E-state index contributed by atoms with van der Waals surface area (Å²) in [6, 6.07) is 17.6. The number of rotatable bonds is 4. The van der Waals surface area contributed by atoms with Crippen LogP contribution in [0.1, 0.15) is 23.1 Å². The Balaban J connectivity index is 1.60. The van der Waals surface area contributed by atoms with E-state index in [2.05, 4.69) is 10.1 Å². The molecule has 160 valence electrons. The number of aryl methyl sites for hydroxylation is 1. The largest absolute Gasteiger partial charge is 0.450 e. The molecule has 0 radical (unpaired) electrons. The molecule has 3 aromatic rings. The number of carbonyl (C=O) groups excluding carboxylic acids is 2. The van der Waals surface area contributed by atoms with E-state index in [1.165, 1.54) is 0 Å². The molecule has 1 aromatic heterocycles. The van der Waals surface area contributed by atoms with Crippen LogP contribution in [0.4, 0.5) is 4.79 Å². The molecule has 1 fully saturated rings. The average Bonchev–Trinajstić information content (AvgIpc) is 3.25. The lowest BCUT2D eigenvalue weighted by Crippen LogP contribution is -2.51. The third-order valence-electron chi connectivity index (χ3n) is 5.20. The summed E-state index contributed by atoms with van der Waals surface area (Å²) in [7, 11) is 0. The summed E-state index contributed by atoms with van der Waals surface area (Å²) >= 11 is 0. The van der Waals surface area contributed by atoms with Crippen LogP contribution < -0.4 is 0 Å². The van der Waals surface area contributed by atoms with Gasteiger partial charge in [-0.2, -0.15) is 0 Å². The van der Waals surface area contributed by atoms with Gasteiger partial charge in [-0.1, -0.05) is 48.0 Å². The summed E-state index contributed by atoms with van der Waals surface area (Å²) in [6.45, 7) is 5.81. The first-order chi connectivity index (χ1) is 15.1. The van der Waals surface area contributed by atoms with Crippen LogP contribution in [0.25, 0.3) is 17.1 Å². The molecular formula is C23H25N5O3. The molecule has 0 aliphatic carbocycles. The minimum Gasteiger partial charge on any atom is -0.450 e. The van der Waals surface area contributed by atoms with Crippen molar-refractivity contribution in [1.82, 2.24) is 24.6 Å². The highest BCUT2D eigenvalue weighted by Crippen LogP contribution is 2.22. The predicted octanol–water partition coefficient (Wildman–Crippen LogP) is 3.16. The van der Waals surface area contributed by atoms with Crippen LogP contribution in [-0.2, 0) is 4.74 Å². The van der Waals surface area contributed by atoms with Gasteiger partial charge in [0.05, 0.1) is 12.3 Å². The monoisotopic (exact) mass is 419 g/mol. The molecule has 1 aliphatic heterocycles. The zero-order chi connectivity index (χ0) is 21.8. The van der Waals surface area contributed by atoms with Gasteiger partial charge in [-0.25, -0.2) is 14.5 Å². The molecule has 4 rings (SSSR count). The predicted molar refractivity (Wildman–Crippen MR) is 116 cm³/mol. The SMILES string of the molecule is CCOC(=O)N1CCN(C(=O)c2nc(-c3ccccc3)n(-c3ccc(C)cc3)n2)CC1. The van der Waals surface area contributed by atoms with Crippen LogP contribution in [0.3, 0.4) is 0 Å². The molecule has 0 bridgehead atoms. The van der Waals surface area contributed by atoms with Crippen molar-refractivity contribution in [1.29, 1.82) is 0 Å². The van der Waals surface area contributed by atoms with E-state index >= 15 is 0 Å². The summed E-state index contributed by atoms with van der Waals surface area (Å²) in [5, 5.41) is 4.55. The second kappa shape index (κ2) is 8.99. The van der Waals surface area contributed by atoms with Crippen LogP contribution in [0.2, 0.25) is 0 Å². The van der Waals surface area contributed by atoms with E-state index in [4.69, 9.17) is 4.74 Å². The standard InChI is InChI=1S/C23H25N5O3/c1-3-31-23(30)27-15-13-26(14-16-27)22(29)20-24-21(18-7-5-4-6-8-18)28(25-20)19-11-9-17(2)10-12-19/h4-12H,3,13-16H2,1-2H3. The van der Waals surface area contributed by atoms with Crippen LogP contribution in [0.15, 0.2) is 54.6 Å². The molecular weight excluding hydrogens is 394 g/mol. The number of nitrogens with zero attached hydrogens (tertiary/aromatic N) is 5. The Labute approximate surface area is 181 Å². The van der Waals surface area contributed by atoms with E-state index in [-0.39, 0.29) is 17.8 Å². The van der Waals surface area contributed by atoms with Gasteiger partial charge in [0.25, 0.3) is 5.91 Å². The minimum atomic E-state index is -0.345. The summed E-state index contributed by atoms with van der Waals surface area (Å²) in [5.74, 6) is 0.508. The zero-order valence-corrected chi connectivity index (χ0v) is 17.7. The van der Waals surface area contributed by atoms with E-state index in [0.717, 1.165) is 16.8 Å². The quantitative estimate of drug-likeness (QED) is 0.649. The number of carbonyl (C=O) groups is 2. The lowest BCUT2D eigenvalue weighted by Gasteiger charge is -2.33. The van der Waals surface area contributed by atoms with Crippen molar-refractivity contribution in [2.45, 2.75) is 13.8 Å². The van der Waals surface area contributed by atoms with Gasteiger partial charge in [0.2, 0.25) is 5.82 Å². The van der Waals surface area contributed by atoms with Crippen LogP contribution >= 0.6 is 0 Å². The summed E-state index contributed by atoms with van der Waals surface area (Å²) < 4.78 is 6.75. The maximum atomic E-state index is 13.1. The number of benzene rings is 2. The molecule has 2 amide bonds. The highest BCUT2D eigenvalue weighted by Gasteiger charge is 2.28. The molecule has 0 N–H and O–H groups in total. The summed E-state index contributed by atoms with van der Waals surface area (Å²) in [4.78, 5) is 32.9. The Bertz CT molecular complexity index is 1050. The molecule has 8 nitrogen and oxygen atoms in total. The van der Waals surface area contributed by atoms with Gasteiger partial charge in [0.15, 0.2) is 5.82 Å². The van der Waals surface area contributed by atoms with Crippen molar-refractivity contribution in [2.24, 2.45) is 0 Å². The first kappa shape index (κ1) is 20.6. The maximum Gasteiger partial charge on any atom is 0.409 e. The summed E-state index contributed by atoms with van der Waals surface area (Å²) in [6.07, 6.45) is -0.345. The molecule has 0 atom stereocenters. The Kier molecular flexibility index (Phi) is 5.97. The minimum absolute atomic E-state index is 0.143. The second-order valence-corrected chi connectivity index (χ2v) is 7.35. The van der Waals surface area contributed by atoms with Crippen molar-refractivity contribution in [3.63, 3.8) is 0 Å². The third kappa shape index (κ3) is 4.42. The van der Waals surface area contributed by atoms with E-state index in [1.54, 1.807) is 21.4 Å². The number of hydrogen-bond acceptors (Lipinski definition) is 5. The highest BCUT2D eigenvalue weighted by molar-refractivity contribution is 5.91. The number of aromatic nitrogens is 3. The fourth-order valence-electron chi connectivity index (χ4n) is 3.49. The van der Waals surface area contributed by atoms with Gasteiger partial charge >= 0.3 is 6.09 Å². The van der Waals surface area contributed by atoms with E-state index in [9.17, 15) is 9.59 Å². The first-order valence-electron chi connectivity index (χ1n) is 10.4. The lowest BCUT2D eigenvalue weighted by molar-refractivity contribution is 0.0561. The number of ether oxygens (including phenoxy) is 1. The van der Waals surface area contributed by atoms with Gasteiger partial charge in [0, 0.05) is 31.7 Å². The number of amides is 2. The van der Waals surface area contributed by atoms with Gasteiger partial charge in [-0.05, 0) is 26.0 Å². The normalized spacial score (nSPS) is 13.9. The number of piperazine rings is 1. The summed E-state index contributed by atoms with van der Waals surface area (Å²) in [5.41, 5.74) is 2.85. The van der Waals surface area contributed by atoms with Gasteiger partial charge in [-0.3, -0.25) is 4.79 Å². The Morgan fingerprint density at radius 1 is 0.935 bits per heavy atom. The smallest absolute Gasteiger partial charge is 0.409 e. The molecule has 0 unspecified atom stereocenters. The second-order valence-electron chi connectivity index (χ2n) is 7.35. The topological polar surface area (TPSA) is 80.6 Å². The molecule has 31 heavy (non-hydrogen) atoms. The molecule has 8 heteroatoms. The van der Waals surface area contributed by atoms with Crippen molar-refractivity contribution in [3.05, 3.63) is 66.0 Å². The average molecular weight is 419 g/mol. The van der Waals surface area contributed by atoms with Crippen LogP contribution in [0, 0.1) is 6.92 Å². The van der Waals surface area contributed by atoms with E-state index in [1.807, 2.05) is 61.5 Å². The zero-order valence-electron chi connectivity index (χ0n) is 17.7. The van der Waals surface area contributed by atoms with Gasteiger partial charge in [0.1, 0.15) is 0 Å². The Hall–Kier alpha value is -3.68. The molecule has 0 saturated carbocycles. The number of hydrogen-bond donors (Lipinski definition) is 0. The molecule has 1 aliphatic rings. The van der Waals surface area contributed by atoms with Gasteiger partial charge in [-0.15, -0.1) is 5.10 Å². The lowest BCUT2D eigenvalue weighted by atomic mass is 10.2. The molecule has 2 heterocycles. The molecule has 2 aromatic carbocycles. The van der Waals surface area contributed by atoms with E-state index < -0.39 is 0 Å². The van der Waals surface area contributed by atoms with Gasteiger partial charge < -0.3 is 14.5 Å². The molecule has 0 spiro atoms. The Morgan fingerprint density at radius 2 is 1.58 bits per heavy atom. The fourth-order valence-corrected chi connectivity index (χ4v) is 3.49. The fraction of sp³-hybridized carbons (Fsp3) is 0.304. The Morgan fingerprint density at radius 3 is 2.23 bits per heavy atom. The van der Waals surface area contributed by atoms with E-state index in [0.29, 0.717) is 38.6 Å². The van der Waals surface area contributed by atoms with Crippen LogP contribution in [-0.4, -0.2) is 69.4 Å². The maximum absolute atomic E-state index is 13.1. The van der Waals surface area contributed by atoms with Crippen molar-refractivity contribution < 1.29 is 14.3 Å². The molecule has 1 saturated heterocycles. The van der Waals surface area contributed by atoms with Crippen molar-refractivity contribution >= 4 is 12.0 Å². The van der Waals surface area contributed by atoms with Crippen molar-refractivity contribution in [3.8, 4) is 17.1 Å². The third-order valence-corrected chi connectivity index (χ3v) is 5.20. The van der Waals surface area contributed by atoms with Crippen LogP contribution in [0.5, 0.6) is 0 Å².